The Kier molecular flexibility index (Phi) is 5.98. The molecule has 1 aromatic rings. The molecule has 0 fully saturated rings. The third-order valence-corrected chi connectivity index (χ3v) is 2.66. The van der Waals surface area contributed by atoms with Crippen LogP contribution in [0.3, 0.4) is 0 Å². The molecule has 0 aliphatic heterocycles. The van der Waals surface area contributed by atoms with E-state index in [1.807, 2.05) is 0 Å². The fourth-order valence-electron chi connectivity index (χ4n) is 1.04. The van der Waals surface area contributed by atoms with Crippen LogP contribution >= 0.6 is 23.2 Å². The summed E-state index contributed by atoms with van der Waals surface area (Å²) in [4.78, 5) is 10.7. The molecular formula is C12H12Cl2O4. The van der Waals surface area contributed by atoms with Crippen LogP contribution in [0.4, 0.5) is 0 Å². The van der Waals surface area contributed by atoms with E-state index in [1.54, 1.807) is 12.1 Å². The van der Waals surface area contributed by atoms with E-state index >= 15 is 0 Å². The molecule has 4 nitrogen and oxygen atoms in total. The highest BCUT2D eigenvalue weighted by atomic mass is 35.5. The minimum absolute atomic E-state index is 0.0254. The monoisotopic (exact) mass is 290 g/mol. The maximum atomic E-state index is 10.7. The van der Waals surface area contributed by atoms with Gasteiger partial charge in [-0.1, -0.05) is 29.8 Å². The first kappa shape index (κ1) is 14.8. The van der Waals surface area contributed by atoms with E-state index in [2.05, 4.69) is 11.3 Å². The number of carbonyl (C=O) groups is 1. The number of benzene rings is 1. The summed E-state index contributed by atoms with van der Waals surface area (Å²) >= 11 is 11.5. The van der Waals surface area contributed by atoms with Gasteiger partial charge >= 0.3 is 5.97 Å². The van der Waals surface area contributed by atoms with Crippen LogP contribution in [0.2, 0.25) is 10.0 Å². The number of carbonyl (C=O) groups excluding carboxylic acids is 1. The molecule has 1 aromatic carbocycles. The Bertz CT molecular complexity index is 434. The molecule has 0 aromatic heterocycles. The summed E-state index contributed by atoms with van der Waals surface area (Å²) in [6.45, 7) is 3.05. The van der Waals surface area contributed by atoms with Gasteiger partial charge in [0.2, 0.25) is 0 Å². The van der Waals surface area contributed by atoms with Crippen molar-refractivity contribution in [2.24, 2.45) is 0 Å². The zero-order valence-electron chi connectivity index (χ0n) is 9.44. The molecule has 0 spiro atoms. The molecule has 0 heterocycles. The Hall–Kier alpha value is -1.23. The van der Waals surface area contributed by atoms with E-state index in [0.717, 1.165) is 6.08 Å². The number of halogens is 2. The van der Waals surface area contributed by atoms with E-state index < -0.39 is 12.1 Å². The number of aliphatic hydroxyl groups is 1. The number of hydrogen-bond donors (Lipinski definition) is 1. The molecule has 1 atom stereocenters. The molecule has 6 heteroatoms. The fourth-order valence-corrected chi connectivity index (χ4v) is 1.33. The maximum absolute atomic E-state index is 10.7. The van der Waals surface area contributed by atoms with Crippen molar-refractivity contribution in [2.75, 3.05) is 13.2 Å². The SMILES string of the molecule is C=CC(=O)OCC(O)COc1ccc(Cl)c(Cl)c1. The van der Waals surface area contributed by atoms with Gasteiger partial charge in [0.25, 0.3) is 0 Å². The van der Waals surface area contributed by atoms with E-state index in [9.17, 15) is 9.90 Å². The Morgan fingerprint density at radius 2 is 2.11 bits per heavy atom. The predicted molar refractivity (Wildman–Crippen MR) is 69.1 cm³/mol. The average Bonchev–Trinajstić information content (AvgIpc) is 2.37. The molecule has 0 saturated heterocycles. The van der Waals surface area contributed by atoms with Crippen LogP contribution in [-0.2, 0) is 9.53 Å². The first-order chi connectivity index (χ1) is 8.52. The van der Waals surface area contributed by atoms with Gasteiger partial charge in [0.1, 0.15) is 25.1 Å². The zero-order chi connectivity index (χ0) is 13.5. The molecular weight excluding hydrogens is 279 g/mol. The minimum Gasteiger partial charge on any atom is -0.491 e. The molecule has 0 amide bonds. The Balaban J connectivity index is 2.37. The fraction of sp³-hybridized carbons (Fsp3) is 0.250. The number of aliphatic hydroxyl groups excluding tert-OH is 1. The van der Waals surface area contributed by atoms with Gasteiger partial charge in [-0.25, -0.2) is 4.79 Å². The molecule has 1 N–H and O–H groups in total. The van der Waals surface area contributed by atoms with E-state index in [-0.39, 0.29) is 13.2 Å². The second kappa shape index (κ2) is 7.26. The molecule has 0 aliphatic carbocycles. The minimum atomic E-state index is -0.927. The van der Waals surface area contributed by atoms with E-state index in [0.29, 0.717) is 15.8 Å². The molecule has 1 rings (SSSR count). The van der Waals surface area contributed by atoms with Crippen molar-refractivity contribution in [2.45, 2.75) is 6.10 Å². The number of rotatable bonds is 6. The van der Waals surface area contributed by atoms with Gasteiger partial charge in [0.15, 0.2) is 0 Å². The molecule has 18 heavy (non-hydrogen) atoms. The maximum Gasteiger partial charge on any atom is 0.330 e. The van der Waals surface area contributed by atoms with Crippen LogP contribution in [0.25, 0.3) is 0 Å². The normalized spacial score (nSPS) is 11.7. The molecule has 0 aliphatic rings. The van der Waals surface area contributed by atoms with E-state index in [1.165, 1.54) is 6.07 Å². The number of hydrogen-bond acceptors (Lipinski definition) is 4. The lowest BCUT2D eigenvalue weighted by atomic mass is 10.3. The van der Waals surface area contributed by atoms with Crippen molar-refractivity contribution >= 4 is 29.2 Å². The van der Waals surface area contributed by atoms with Crippen LogP contribution in [0.5, 0.6) is 5.75 Å². The average molecular weight is 291 g/mol. The van der Waals surface area contributed by atoms with Gasteiger partial charge in [-0.2, -0.15) is 0 Å². The van der Waals surface area contributed by atoms with Crippen LogP contribution < -0.4 is 4.74 Å². The second-order valence-electron chi connectivity index (χ2n) is 3.37. The van der Waals surface area contributed by atoms with Crippen LogP contribution in [0, 0.1) is 0 Å². The van der Waals surface area contributed by atoms with Gasteiger partial charge in [-0.15, -0.1) is 0 Å². The van der Waals surface area contributed by atoms with Crippen LogP contribution in [0.15, 0.2) is 30.9 Å². The smallest absolute Gasteiger partial charge is 0.330 e. The van der Waals surface area contributed by atoms with Crippen molar-refractivity contribution in [3.05, 3.63) is 40.9 Å². The van der Waals surface area contributed by atoms with Crippen molar-refractivity contribution in [1.29, 1.82) is 0 Å². The number of ether oxygens (including phenoxy) is 2. The third kappa shape index (κ3) is 4.96. The Labute approximate surface area is 115 Å². The predicted octanol–water partition coefficient (Wildman–Crippen LogP) is 2.46. The first-order valence-electron chi connectivity index (χ1n) is 5.08. The zero-order valence-corrected chi connectivity index (χ0v) is 10.9. The molecule has 0 radical (unpaired) electrons. The standard InChI is InChI=1S/C12H12Cl2O4/c1-2-12(16)18-7-8(15)6-17-9-3-4-10(13)11(14)5-9/h2-5,8,15H,1,6-7H2. The topological polar surface area (TPSA) is 55.8 Å². The second-order valence-corrected chi connectivity index (χ2v) is 4.19. The van der Waals surface area contributed by atoms with Gasteiger partial charge in [0, 0.05) is 12.1 Å². The van der Waals surface area contributed by atoms with Gasteiger partial charge in [-0.3, -0.25) is 0 Å². The van der Waals surface area contributed by atoms with Crippen molar-refractivity contribution in [3.63, 3.8) is 0 Å². The highest BCUT2D eigenvalue weighted by molar-refractivity contribution is 6.42. The van der Waals surface area contributed by atoms with Gasteiger partial charge in [-0.05, 0) is 12.1 Å². The molecule has 0 bridgehead atoms. The van der Waals surface area contributed by atoms with Crippen LogP contribution in [0.1, 0.15) is 0 Å². The summed E-state index contributed by atoms with van der Waals surface area (Å²) in [7, 11) is 0. The largest absolute Gasteiger partial charge is 0.491 e. The Morgan fingerprint density at radius 1 is 1.39 bits per heavy atom. The van der Waals surface area contributed by atoms with Crippen LogP contribution in [-0.4, -0.2) is 30.4 Å². The lowest BCUT2D eigenvalue weighted by Crippen LogP contribution is -2.24. The molecule has 98 valence electrons. The third-order valence-electron chi connectivity index (χ3n) is 1.92. The number of esters is 1. The molecule has 1 unspecified atom stereocenters. The Morgan fingerprint density at radius 3 is 2.72 bits per heavy atom. The van der Waals surface area contributed by atoms with E-state index in [4.69, 9.17) is 27.9 Å². The van der Waals surface area contributed by atoms with Crippen molar-refractivity contribution in [1.82, 2.24) is 0 Å². The summed E-state index contributed by atoms with van der Waals surface area (Å²) < 4.78 is 9.91. The molecule has 0 saturated carbocycles. The highest BCUT2D eigenvalue weighted by Gasteiger charge is 2.08. The first-order valence-corrected chi connectivity index (χ1v) is 5.83. The summed E-state index contributed by atoms with van der Waals surface area (Å²) in [5.41, 5.74) is 0. The van der Waals surface area contributed by atoms with Gasteiger partial charge in [0.05, 0.1) is 10.0 Å². The summed E-state index contributed by atoms with van der Waals surface area (Å²) in [6.07, 6.45) is 0.0929. The van der Waals surface area contributed by atoms with Crippen molar-refractivity contribution < 1.29 is 19.4 Å². The highest BCUT2D eigenvalue weighted by Crippen LogP contribution is 2.26. The summed E-state index contributed by atoms with van der Waals surface area (Å²) in [5.74, 6) is -0.123. The summed E-state index contributed by atoms with van der Waals surface area (Å²) in [6, 6.07) is 4.74. The quantitative estimate of drug-likeness (QED) is 0.646. The summed E-state index contributed by atoms with van der Waals surface area (Å²) in [5, 5.41) is 10.3. The van der Waals surface area contributed by atoms with Crippen molar-refractivity contribution in [3.8, 4) is 5.75 Å². The van der Waals surface area contributed by atoms with Gasteiger partial charge < -0.3 is 14.6 Å². The lowest BCUT2D eigenvalue weighted by molar-refractivity contribution is -0.141. The lowest BCUT2D eigenvalue weighted by Gasteiger charge is -2.12.